The molecule has 1 aromatic carbocycles. The van der Waals surface area contributed by atoms with Crippen molar-refractivity contribution in [2.75, 3.05) is 13.1 Å². The molecule has 4 nitrogen and oxygen atoms in total. The maximum atomic E-state index is 5.72. The molecule has 0 radical (unpaired) electrons. The largest absolute Gasteiger partial charge is 0.491 e. The van der Waals surface area contributed by atoms with Gasteiger partial charge in [0.05, 0.1) is 6.10 Å². The Balaban J connectivity index is 2.00. The van der Waals surface area contributed by atoms with Crippen molar-refractivity contribution in [2.24, 2.45) is 0 Å². The number of nitrogens with one attached hydrogen (secondary N) is 1. The van der Waals surface area contributed by atoms with Crippen LogP contribution in [0.3, 0.4) is 0 Å². The van der Waals surface area contributed by atoms with Gasteiger partial charge in [-0.3, -0.25) is 0 Å². The van der Waals surface area contributed by atoms with Gasteiger partial charge >= 0.3 is 0 Å². The topological polar surface area (TPSA) is 47.0 Å². The lowest BCUT2D eigenvalue weighted by atomic mass is 10.2. The van der Waals surface area contributed by atoms with E-state index in [1.54, 1.807) is 11.3 Å². The molecule has 0 fully saturated rings. The van der Waals surface area contributed by atoms with Crippen LogP contribution in [-0.4, -0.2) is 29.4 Å². The first-order valence-corrected chi connectivity index (χ1v) is 8.31. The highest BCUT2D eigenvalue weighted by Crippen LogP contribution is 2.27. The predicted molar refractivity (Wildman–Crippen MR) is 88.0 cm³/mol. The van der Waals surface area contributed by atoms with Crippen molar-refractivity contribution >= 4 is 11.3 Å². The highest BCUT2D eigenvalue weighted by atomic mass is 32.1. The van der Waals surface area contributed by atoms with Crippen LogP contribution in [0, 0.1) is 0 Å². The molecule has 2 rings (SSSR count). The van der Waals surface area contributed by atoms with Crippen LogP contribution >= 0.6 is 11.3 Å². The van der Waals surface area contributed by atoms with Gasteiger partial charge in [-0.05, 0) is 38.9 Å². The van der Waals surface area contributed by atoms with E-state index in [1.807, 2.05) is 38.1 Å². The number of rotatable bonds is 8. The van der Waals surface area contributed by atoms with E-state index in [0.29, 0.717) is 0 Å². The van der Waals surface area contributed by atoms with Crippen molar-refractivity contribution in [2.45, 2.75) is 39.7 Å². The van der Waals surface area contributed by atoms with Gasteiger partial charge in [-0.1, -0.05) is 30.4 Å². The molecule has 0 saturated heterocycles. The number of aromatic nitrogens is 2. The number of hydrogen-bond acceptors (Lipinski definition) is 5. The minimum atomic E-state index is 0.176. The molecule has 0 atom stereocenters. The lowest BCUT2D eigenvalue weighted by Crippen LogP contribution is -2.17. The Labute approximate surface area is 130 Å². The van der Waals surface area contributed by atoms with Crippen LogP contribution in [0.4, 0.5) is 0 Å². The standard InChI is InChI=1S/C16H23N3OS/c1-4-9-17-10-8-15-18-19-16(21-15)13-6-5-7-14(11-13)20-12(2)3/h5-7,11-12,17H,4,8-10H2,1-3H3. The normalized spacial score (nSPS) is 11.0. The lowest BCUT2D eigenvalue weighted by Gasteiger charge is -2.09. The quantitative estimate of drug-likeness (QED) is 0.758. The van der Waals surface area contributed by atoms with E-state index >= 15 is 0 Å². The summed E-state index contributed by atoms with van der Waals surface area (Å²) in [4.78, 5) is 0. The van der Waals surface area contributed by atoms with Crippen LogP contribution < -0.4 is 10.1 Å². The molecule has 21 heavy (non-hydrogen) atoms. The van der Waals surface area contributed by atoms with Gasteiger partial charge in [0.15, 0.2) is 0 Å². The highest BCUT2D eigenvalue weighted by Gasteiger charge is 2.08. The molecular formula is C16H23N3OS. The number of hydrogen-bond donors (Lipinski definition) is 1. The molecule has 0 aliphatic carbocycles. The van der Waals surface area contributed by atoms with E-state index in [0.717, 1.165) is 47.3 Å². The zero-order chi connectivity index (χ0) is 15.1. The predicted octanol–water partition coefficient (Wildman–Crippen LogP) is 3.53. The molecule has 1 aromatic heterocycles. The summed E-state index contributed by atoms with van der Waals surface area (Å²) in [5.41, 5.74) is 1.07. The molecule has 0 amide bonds. The van der Waals surface area contributed by atoms with Crippen LogP contribution in [0.5, 0.6) is 5.75 Å². The first-order valence-electron chi connectivity index (χ1n) is 7.49. The van der Waals surface area contributed by atoms with E-state index in [9.17, 15) is 0 Å². The zero-order valence-corrected chi connectivity index (χ0v) is 13.7. The van der Waals surface area contributed by atoms with E-state index in [1.165, 1.54) is 0 Å². The monoisotopic (exact) mass is 305 g/mol. The molecule has 1 heterocycles. The fourth-order valence-corrected chi connectivity index (χ4v) is 2.78. The van der Waals surface area contributed by atoms with Crippen molar-refractivity contribution in [3.8, 4) is 16.3 Å². The Morgan fingerprint density at radius 3 is 2.86 bits per heavy atom. The second kappa shape index (κ2) is 8.10. The maximum Gasteiger partial charge on any atom is 0.147 e. The number of ether oxygens (including phenoxy) is 1. The summed E-state index contributed by atoms with van der Waals surface area (Å²) in [5, 5.41) is 14.0. The zero-order valence-electron chi connectivity index (χ0n) is 12.9. The van der Waals surface area contributed by atoms with Crippen LogP contribution in [0.25, 0.3) is 10.6 Å². The van der Waals surface area contributed by atoms with Crippen molar-refractivity contribution in [3.63, 3.8) is 0 Å². The van der Waals surface area contributed by atoms with Crippen LogP contribution in [0.15, 0.2) is 24.3 Å². The van der Waals surface area contributed by atoms with Gasteiger partial charge in [0.25, 0.3) is 0 Å². The minimum absolute atomic E-state index is 0.176. The summed E-state index contributed by atoms with van der Waals surface area (Å²) >= 11 is 1.65. The fraction of sp³-hybridized carbons (Fsp3) is 0.500. The van der Waals surface area contributed by atoms with Crippen molar-refractivity contribution in [1.29, 1.82) is 0 Å². The first kappa shape index (κ1) is 15.9. The second-order valence-electron chi connectivity index (χ2n) is 5.20. The van der Waals surface area contributed by atoms with Crippen molar-refractivity contribution in [3.05, 3.63) is 29.3 Å². The molecule has 5 heteroatoms. The Morgan fingerprint density at radius 1 is 1.24 bits per heavy atom. The van der Waals surface area contributed by atoms with E-state index < -0.39 is 0 Å². The number of benzene rings is 1. The molecule has 0 aliphatic heterocycles. The molecule has 0 spiro atoms. The Morgan fingerprint density at radius 2 is 2.10 bits per heavy atom. The van der Waals surface area contributed by atoms with E-state index in [2.05, 4.69) is 22.4 Å². The molecule has 0 saturated carbocycles. The van der Waals surface area contributed by atoms with Gasteiger partial charge in [0, 0.05) is 18.5 Å². The second-order valence-corrected chi connectivity index (χ2v) is 6.26. The molecule has 0 unspecified atom stereocenters. The van der Waals surface area contributed by atoms with Gasteiger partial charge < -0.3 is 10.1 Å². The van der Waals surface area contributed by atoms with Gasteiger partial charge in [-0.15, -0.1) is 10.2 Å². The molecule has 114 valence electrons. The third-order valence-corrected chi connectivity index (χ3v) is 3.89. The Bertz CT molecular complexity index is 554. The smallest absolute Gasteiger partial charge is 0.147 e. The van der Waals surface area contributed by atoms with Crippen LogP contribution in [0.2, 0.25) is 0 Å². The van der Waals surface area contributed by atoms with E-state index in [-0.39, 0.29) is 6.10 Å². The highest BCUT2D eigenvalue weighted by molar-refractivity contribution is 7.14. The molecule has 2 aromatic rings. The molecule has 1 N–H and O–H groups in total. The summed E-state index contributed by atoms with van der Waals surface area (Å²) in [6.07, 6.45) is 2.26. The fourth-order valence-electron chi connectivity index (χ4n) is 1.94. The van der Waals surface area contributed by atoms with E-state index in [4.69, 9.17) is 4.74 Å². The summed E-state index contributed by atoms with van der Waals surface area (Å²) in [5.74, 6) is 0.879. The molecule has 0 bridgehead atoms. The van der Waals surface area contributed by atoms with Crippen molar-refractivity contribution < 1.29 is 4.74 Å². The minimum Gasteiger partial charge on any atom is -0.491 e. The van der Waals surface area contributed by atoms with Gasteiger partial charge in [-0.25, -0.2) is 0 Å². The number of nitrogens with zero attached hydrogens (tertiary/aromatic N) is 2. The Kier molecular flexibility index (Phi) is 6.14. The summed E-state index contributed by atoms with van der Waals surface area (Å²) in [6.45, 7) is 8.24. The van der Waals surface area contributed by atoms with Gasteiger partial charge in [-0.2, -0.15) is 0 Å². The summed E-state index contributed by atoms with van der Waals surface area (Å²) in [6, 6.07) is 8.05. The third kappa shape index (κ3) is 5.10. The average molecular weight is 305 g/mol. The maximum absolute atomic E-state index is 5.72. The van der Waals surface area contributed by atoms with Gasteiger partial charge in [0.1, 0.15) is 15.8 Å². The van der Waals surface area contributed by atoms with Gasteiger partial charge in [0.2, 0.25) is 0 Å². The lowest BCUT2D eigenvalue weighted by molar-refractivity contribution is 0.242. The van der Waals surface area contributed by atoms with Crippen LogP contribution in [0.1, 0.15) is 32.2 Å². The SMILES string of the molecule is CCCNCCc1nnc(-c2cccc(OC(C)C)c2)s1. The third-order valence-electron chi connectivity index (χ3n) is 2.86. The molecular weight excluding hydrogens is 282 g/mol. The van der Waals surface area contributed by atoms with Crippen molar-refractivity contribution in [1.82, 2.24) is 15.5 Å². The summed E-state index contributed by atoms with van der Waals surface area (Å²) in [7, 11) is 0. The first-order chi connectivity index (χ1) is 10.2. The average Bonchev–Trinajstić information content (AvgIpc) is 2.92. The molecule has 0 aliphatic rings. The van der Waals surface area contributed by atoms with Crippen LogP contribution in [-0.2, 0) is 6.42 Å². The Hall–Kier alpha value is -1.46. The summed E-state index contributed by atoms with van der Waals surface area (Å²) < 4.78 is 5.72.